The van der Waals surface area contributed by atoms with Gasteiger partial charge in [0.1, 0.15) is 6.10 Å². The Labute approximate surface area is 235 Å². The lowest BCUT2D eigenvalue weighted by Gasteiger charge is -2.24. The molecule has 7 nitrogen and oxygen atoms in total. The molecule has 3 atom stereocenters. The normalized spacial score (nSPS) is 19.8. The number of amides is 2. The predicted molar refractivity (Wildman–Crippen MR) is 151 cm³/mol. The molecule has 5 rings (SSSR count). The molecular weight excluding hydrogens is 504 g/mol. The van der Waals surface area contributed by atoms with Crippen LogP contribution in [0.15, 0.2) is 78.9 Å². The van der Waals surface area contributed by atoms with Crippen molar-refractivity contribution in [1.29, 1.82) is 0 Å². The van der Waals surface area contributed by atoms with Crippen LogP contribution in [0.5, 0.6) is 0 Å². The lowest BCUT2D eigenvalue weighted by molar-refractivity contribution is -0.123. The Morgan fingerprint density at radius 2 is 1.60 bits per heavy atom. The Hall–Kier alpha value is -4.13. The van der Waals surface area contributed by atoms with Crippen LogP contribution in [0.3, 0.4) is 0 Å². The molecular formula is C33H36N2O5. The number of hydrogen-bond acceptors (Lipinski definition) is 5. The van der Waals surface area contributed by atoms with Crippen LogP contribution in [0.2, 0.25) is 0 Å². The average Bonchev–Trinajstić information content (AvgIpc) is 3.62. The summed E-state index contributed by atoms with van der Waals surface area (Å²) in [5.41, 5.74) is 4.38. The number of esters is 1. The predicted octanol–water partition coefficient (Wildman–Crippen LogP) is 6.15. The van der Waals surface area contributed by atoms with Gasteiger partial charge in [-0.15, -0.1) is 0 Å². The van der Waals surface area contributed by atoms with Crippen LogP contribution in [0, 0.1) is 5.92 Å². The first-order chi connectivity index (χ1) is 19.4. The van der Waals surface area contributed by atoms with Crippen LogP contribution in [0.1, 0.15) is 77.2 Å². The van der Waals surface area contributed by atoms with Crippen molar-refractivity contribution in [2.24, 2.45) is 5.92 Å². The number of carbonyl (C=O) groups is 3. The minimum Gasteiger partial charge on any atom is -0.465 e. The standard InChI is InChI=1S/C33H36N2O5/c1-22-30(27-10-4-3-5-11-27)40-33(38)35(22)21-24-14-16-26(17-15-24)29(25-8-6-7-9-25)31(36)34-20-23-12-18-28(19-13-23)32(37)39-2/h3-5,10-19,22,25,29-30H,6-9,20-21H2,1-2H3,(H,34,36)/t22-,29?,30+/m0/s1. The second-order valence-corrected chi connectivity index (χ2v) is 10.8. The zero-order chi connectivity index (χ0) is 28.1. The van der Waals surface area contributed by atoms with Gasteiger partial charge in [0.15, 0.2) is 0 Å². The van der Waals surface area contributed by atoms with E-state index in [4.69, 9.17) is 9.47 Å². The highest BCUT2D eigenvalue weighted by Crippen LogP contribution is 2.38. The lowest BCUT2D eigenvalue weighted by atomic mass is 9.83. The molecule has 1 unspecified atom stereocenters. The molecule has 2 amide bonds. The third kappa shape index (κ3) is 6.03. The second-order valence-electron chi connectivity index (χ2n) is 10.8. The van der Waals surface area contributed by atoms with E-state index in [0.29, 0.717) is 24.6 Å². The molecule has 1 N–H and O–H groups in total. The molecule has 2 aliphatic rings. The number of rotatable bonds is 9. The molecule has 0 aromatic heterocycles. The van der Waals surface area contributed by atoms with Crippen molar-refractivity contribution in [3.05, 3.63) is 107 Å². The van der Waals surface area contributed by atoms with Crippen molar-refractivity contribution in [2.75, 3.05) is 7.11 Å². The molecule has 1 aliphatic heterocycles. The summed E-state index contributed by atoms with van der Waals surface area (Å²) in [6.07, 6.45) is 3.74. The maximum absolute atomic E-state index is 13.5. The van der Waals surface area contributed by atoms with Crippen LogP contribution < -0.4 is 5.32 Å². The van der Waals surface area contributed by atoms with E-state index in [0.717, 1.165) is 47.9 Å². The maximum Gasteiger partial charge on any atom is 0.411 e. The van der Waals surface area contributed by atoms with Crippen LogP contribution in [0.25, 0.3) is 0 Å². The number of hydrogen-bond donors (Lipinski definition) is 1. The van der Waals surface area contributed by atoms with E-state index in [1.54, 1.807) is 17.0 Å². The molecule has 0 bridgehead atoms. The van der Waals surface area contributed by atoms with Gasteiger partial charge < -0.3 is 14.8 Å². The minimum atomic E-state index is -0.382. The number of nitrogens with one attached hydrogen (secondary N) is 1. The van der Waals surface area contributed by atoms with Crippen LogP contribution >= 0.6 is 0 Å². The van der Waals surface area contributed by atoms with Gasteiger partial charge in [-0.1, -0.05) is 79.6 Å². The monoisotopic (exact) mass is 540 g/mol. The molecule has 40 heavy (non-hydrogen) atoms. The summed E-state index contributed by atoms with van der Waals surface area (Å²) >= 11 is 0. The maximum atomic E-state index is 13.5. The highest BCUT2D eigenvalue weighted by molar-refractivity contribution is 5.89. The average molecular weight is 541 g/mol. The van der Waals surface area contributed by atoms with Crippen molar-refractivity contribution >= 4 is 18.0 Å². The molecule has 1 saturated heterocycles. The summed E-state index contributed by atoms with van der Waals surface area (Å²) in [7, 11) is 1.36. The van der Waals surface area contributed by atoms with Crippen molar-refractivity contribution in [3.63, 3.8) is 0 Å². The highest BCUT2D eigenvalue weighted by atomic mass is 16.6. The van der Waals surface area contributed by atoms with E-state index in [1.165, 1.54) is 7.11 Å². The fourth-order valence-corrected chi connectivity index (χ4v) is 5.93. The largest absolute Gasteiger partial charge is 0.465 e. The molecule has 0 radical (unpaired) electrons. The van der Waals surface area contributed by atoms with Gasteiger partial charge in [-0.05, 0) is 60.1 Å². The minimum absolute atomic E-state index is 0.0131. The van der Waals surface area contributed by atoms with E-state index in [-0.39, 0.29) is 36.0 Å². The summed E-state index contributed by atoms with van der Waals surface area (Å²) in [5.74, 6) is -0.302. The first-order valence-electron chi connectivity index (χ1n) is 14.0. The van der Waals surface area contributed by atoms with Crippen molar-refractivity contribution in [3.8, 4) is 0 Å². The quantitative estimate of drug-likeness (QED) is 0.329. The van der Waals surface area contributed by atoms with E-state index in [9.17, 15) is 14.4 Å². The Bertz CT molecular complexity index is 1320. The fourth-order valence-electron chi connectivity index (χ4n) is 5.93. The van der Waals surface area contributed by atoms with Gasteiger partial charge in [0.2, 0.25) is 5.91 Å². The zero-order valence-corrected chi connectivity index (χ0v) is 23.0. The number of ether oxygens (including phenoxy) is 2. The third-order valence-electron chi connectivity index (χ3n) is 8.21. The van der Waals surface area contributed by atoms with Crippen molar-refractivity contribution in [2.45, 2.75) is 63.8 Å². The van der Waals surface area contributed by atoms with Gasteiger partial charge >= 0.3 is 12.1 Å². The summed E-state index contributed by atoms with van der Waals surface area (Å²) in [6.45, 7) is 2.85. The lowest BCUT2D eigenvalue weighted by Crippen LogP contribution is -2.33. The van der Waals surface area contributed by atoms with Gasteiger partial charge in [0, 0.05) is 13.1 Å². The van der Waals surface area contributed by atoms with Crippen LogP contribution in [0.4, 0.5) is 4.79 Å². The molecule has 1 aliphatic carbocycles. The summed E-state index contributed by atoms with van der Waals surface area (Å²) < 4.78 is 10.5. The Balaban J connectivity index is 1.25. The summed E-state index contributed by atoms with van der Waals surface area (Å²) in [5, 5.41) is 3.12. The molecule has 1 heterocycles. The van der Waals surface area contributed by atoms with E-state index >= 15 is 0 Å². The Morgan fingerprint density at radius 3 is 2.25 bits per heavy atom. The van der Waals surface area contributed by atoms with Gasteiger partial charge in [-0.3, -0.25) is 9.69 Å². The first kappa shape index (κ1) is 27.4. The third-order valence-corrected chi connectivity index (χ3v) is 8.21. The number of cyclic esters (lactones) is 1. The summed E-state index contributed by atoms with van der Waals surface area (Å²) in [6, 6.07) is 24.9. The van der Waals surface area contributed by atoms with Crippen LogP contribution in [-0.2, 0) is 27.4 Å². The fraction of sp³-hybridized carbons (Fsp3) is 0.364. The second kappa shape index (κ2) is 12.4. The highest BCUT2D eigenvalue weighted by Gasteiger charge is 2.39. The van der Waals surface area contributed by atoms with Crippen molar-refractivity contribution in [1.82, 2.24) is 10.2 Å². The van der Waals surface area contributed by atoms with Gasteiger partial charge in [0.05, 0.1) is 24.6 Å². The van der Waals surface area contributed by atoms with E-state index < -0.39 is 0 Å². The molecule has 3 aromatic carbocycles. The van der Waals surface area contributed by atoms with E-state index in [1.807, 2.05) is 73.7 Å². The number of methoxy groups -OCH3 is 1. The molecule has 3 aromatic rings. The first-order valence-corrected chi connectivity index (χ1v) is 14.0. The number of benzene rings is 3. The van der Waals surface area contributed by atoms with E-state index in [2.05, 4.69) is 5.32 Å². The van der Waals surface area contributed by atoms with Crippen molar-refractivity contribution < 1.29 is 23.9 Å². The Morgan fingerprint density at radius 1 is 0.950 bits per heavy atom. The molecule has 208 valence electrons. The van der Waals surface area contributed by atoms with Gasteiger partial charge in [-0.25, -0.2) is 9.59 Å². The number of nitrogens with zero attached hydrogens (tertiary/aromatic N) is 1. The molecule has 2 fully saturated rings. The van der Waals surface area contributed by atoms with Gasteiger partial charge in [0.25, 0.3) is 0 Å². The van der Waals surface area contributed by atoms with Crippen LogP contribution in [-0.4, -0.2) is 36.0 Å². The SMILES string of the molecule is COC(=O)c1ccc(CNC(=O)C(c2ccc(CN3C(=O)O[C@@H](c4ccccc4)[C@@H]3C)cc2)C2CCCC2)cc1. The molecule has 0 spiro atoms. The summed E-state index contributed by atoms with van der Waals surface area (Å²) in [4.78, 5) is 39.6. The number of carbonyl (C=O) groups excluding carboxylic acids is 3. The zero-order valence-electron chi connectivity index (χ0n) is 23.0. The Kier molecular flexibility index (Phi) is 8.48. The van der Waals surface area contributed by atoms with Gasteiger partial charge in [-0.2, -0.15) is 0 Å². The molecule has 1 saturated carbocycles. The molecule has 7 heteroatoms. The topological polar surface area (TPSA) is 84.9 Å². The smallest absolute Gasteiger partial charge is 0.411 e.